The van der Waals surface area contributed by atoms with E-state index in [-0.39, 0.29) is 16.6 Å². The Morgan fingerprint density at radius 2 is 1.94 bits per heavy atom. The Morgan fingerprint density at radius 1 is 1.29 bits per heavy atom. The molecule has 1 aliphatic rings. The minimum Gasteiger partial charge on any atom is -0.300 e. The molecule has 2 nitrogen and oxygen atoms in total. The van der Waals surface area contributed by atoms with Crippen LogP contribution in [0.4, 0.5) is 0 Å². The lowest BCUT2D eigenvalue weighted by molar-refractivity contribution is -0.117. The molecule has 0 aliphatic heterocycles. The second-order valence-corrected chi connectivity index (χ2v) is 6.22. The molecule has 1 atom stereocenters. The molecule has 1 fully saturated rings. The van der Waals surface area contributed by atoms with Crippen LogP contribution in [-0.4, -0.2) is 12.1 Å². The van der Waals surface area contributed by atoms with Crippen LogP contribution in [0.2, 0.25) is 0 Å². The van der Waals surface area contributed by atoms with Gasteiger partial charge in [-0.1, -0.05) is 32.8 Å². The number of hydrogen-bond acceptors (Lipinski definition) is 2. The second-order valence-electron chi connectivity index (χ2n) is 6.22. The van der Waals surface area contributed by atoms with Crippen LogP contribution in [0.1, 0.15) is 59.8 Å². The topological polar surface area (TPSA) is 34.1 Å². The smallest absolute Gasteiger partial charge is 0.142 e. The molecule has 0 aromatic rings. The summed E-state index contributed by atoms with van der Waals surface area (Å²) in [7, 11) is 0. The average Bonchev–Trinajstić information content (AvgIpc) is 2.21. The van der Waals surface area contributed by atoms with E-state index in [4.69, 9.17) is 0 Å². The van der Waals surface area contributed by atoms with Crippen LogP contribution in [0.5, 0.6) is 0 Å². The highest BCUT2D eigenvalue weighted by Crippen LogP contribution is 2.52. The van der Waals surface area contributed by atoms with Crippen molar-refractivity contribution in [3.05, 3.63) is 11.6 Å². The van der Waals surface area contributed by atoms with Gasteiger partial charge in [0.05, 0.1) is 0 Å². The molecule has 17 heavy (non-hydrogen) atoms. The number of carbonyl (C=O) groups excluding carboxylic acids is 2. The van der Waals surface area contributed by atoms with Gasteiger partial charge in [-0.2, -0.15) is 0 Å². The number of rotatable bonds is 4. The van der Waals surface area contributed by atoms with Gasteiger partial charge in [-0.3, -0.25) is 4.79 Å². The number of carbonyl (C=O) groups is 2. The predicted octanol–water partition coefficient (Wildman–Crippen LogP) is 3.70. The van der Waals surface area contributed by atoms with Gasteiger partial charge >= 0.3 is 0 Å². The van der Waals surface area contributed by atoms with Crippen LogP contribution in [0.25, 0.3) is 0 Å². The summed E-state index contributed by atoms with van der Waals surface area (Å²) < 4.78 is 0. The van der Waals surface area contributed by atoms with Gasteiger partial charge in [0.1, 0.15) is 12.1 Å². The van der Waals surface area contributed by atoms with Crippen molar-refractivity contribution >= 4 is 12.1 Å². The zero-order chi connectivity index (χ0) is 13.1. The highest BCUT2D eigenvalue weighted by Gasteiger charge is 2.41. The molecule has 0 aromatic carbocycles. The van der Waals surface area contributed by atoms with E-state index in [0.717, 1.165) is 25.5 Å². The zero-order valence-electron chi connectivity index (χ0n) is 11.5. The van der Waals surface area contributed by atoms with E-state index < -0.39 is 0 Å². The minimum atomic E-state index is 0.0222. The molecule has 0 saturated heterocycles. The lowest BCUT2D eigenvalue weighted by atomic mass is 9.59. The summed E-state index contributed by atoms with van der Waals surface area (Å²) in [6.45, 7) is 8.24. The quantitative estimate of drug-likeness (QED) is 0.551. The Bertz CT molecular complexity index is 339. The van der Waals surface area contributed by atoms with E-state index in [2.05, 4.69) is 20.8 Å². The summed E-state index contributed by atoms with van der Waals surface area (Å²) in [5, 5.41) is 0. The molecule has 0 bridgehead atoms. The number of ketones is 1. The SMILES string of the molecule is CC(=O)CCC1(C)CCCC(C)(C)C1=CC=O. The van der Waals surface area contributed by atoms with Crippen LogP contribution in [0.15, 0.2) is 11.6 Å². The third-order valence-corrected chi connectivity index (χ3v) is 4.17. The predicted molar refractivity (Wildman–Crippen MR) is 69.8 cm³/mol. The average molecular weight is 236 g/mol. The third kappa shape index (κ3) is 3.27. The lowest BCUT2D eigenvalue weighted by Gasteiger charge is -2.46. The Kier molecular flexibility index (Phi) is 4.29. The molecule has 0 radical (unpaired) electrons. The van der Waals surface area contributed by atoms with Gasteiger partial charge in [-0.25, -0.2) is 0 Å². The summed E-state index contributed by atoms with van der Waals surface area (Å²) in [6, 6.07) is 0. The fourth-order valence-electron chi connectivity index (χ4n) is 3.21. The Balaban J connectivity index is 2.97. The van der Waals surface area contributed by atoms with E-state index >= 15 is 0 Å². The maximum atomic E-state index is 11.2. The maximum Gasteiger partial charge on any atom is 0.142 e. The van der Waals surface area contributed by atoms with E-state index in [1.54, 1.807) is 13.0 Å². The maximum absolute atomic E-state index is 11.2. The Labute approximate surface area is 104 Å². The first kappa shape index (κ1) is 14.1. The molecule has 0 spiro atoms. The molecular formula is C15H24O2. The second kappa shape index (κ2) is 5.16. The van der Waals surface area contributed by atoms with E-state index in [9.17, 15) is 9.59 Å². The highest BCUT2D eigenvalue weighted by molar-refractivity contribution is 5.75. The molecule has 0 amide bonds. The number of allylic oxidation sites excluding steroid dienone is 2. The molecule has 96 valence electrons. The van der Waals surface area contributed by atoms with Gasteiger partial charge in [-0.15, -0.1) is 0 Å². The summed E-state index contributed by atoms with van der Waals surface area (Å²) in [6.07, 6.45) is 7.51. The summed E-state index contributed by atoms with van der Waals surface area (Å²) in [4.78, 5) is 22.0. The first-order valence-electron chi connectivity index (χ1n) is 6.48. The largest absolute Gasteiger partial charge is 0.300 e. The number of hydrogen-bond donors (Lipinski definition) is 0. The van der Waals surface area contributed by atoms with E-state index in [1.807, 2.05) is 0 Å². The van der Waals surface area contributed by atoms with Crippen LogP contribution >= 0.6 is 0 Å². The molecular weight excluding hydrogens is 212 g/mol. The highest BCUT2D eigenvalue weighted by atomic mass is 16.1. The summed E-state index contributed by atoms with van der Waals surface area (Å²) >= 11 is 0. The van der Waals surface area contributed by atoms with Gasteiger partial charge in [0.15, 0.2) is 0 Å². The van der Waals surface area contributed by atoms with Crippen molar-refractivity contribution in [1.29, 1.82) is 0 Å². The minimum absolute atomic E-state index is 0.0222. The van der Waals surface area contributed by atoms with Crippen molar-refractivity contribution in [2.75, 3.05) is 0 Å². The molecule has 0 N–H and O–H groups in total. The Hall–Kier alpha value is -0.920. The summed E-state index contributed by atoms with van der Waals surface area (Å²) in [5.41, 5.74) is 1.34. The van der Waals surface area contributed by atoms with Crippen molar-refractivity contribution < 1.29 is 9.59 Å². The van der Waals surface area contributed by atoms with Crippen molar-refractivity contribution in [2.45, 2.75) is 59.8 Å². The van der Waals surface area contributed by atoms with Gasteiger partial charge in [0, 0.05) is 6.42 Å². The number of Topliss-reactive ketones (excluding diaryl/α,β-unsaturated/α-hetero) is 1. The zero-order valence-corrected chi connectivity index (χ0v) is 11.5. The molecule has 1 aliphatic carbocycles. The van der Waals surface area contributed by atoms with Crippen LogP contribution in [0, 0.1) is 10.8 Å². The molecule has 1 rings (SSSR count). The third-order valence-electron chi connectivity index (χ3n) is 4.17. The lowest BCUT2D eigenvalue weighted by Crippen LogP contribution is -2.35. The van der Waals surface area contributed by atoms with Crippen molar-refractivity contribution in [3.63, 3.8) is 0 Å². The molecule has 0 aromatic heterocycles. The van der Waals surface area contributed by atoms with Crippen LogP contribution in [0.3, 0.4) is 0 Å². The number of aldehydes is 1. The monoisotopic (exact) mass is 236 g/mol. The van der Waals surface area contributed by atoms with Crippen molar-refractivity contribution in [3.8, 4) is 0 Å². The molecule has 1 saturated carbocycles. The Morgan fingerprint density at radius 3 is 2.47 bits per heavy atom. The molecule has 2 heteroatoms. The molecule has 0 heterocycles. The standard InChI is InChI=1S/C15H24O2/c1-12(17)6-10-15(4)9-5-8-14(2,3)13(15)7-11-16/h7,11H,5-6,8-10H2,1-4H3. The first-order valence-corrected chi connectivity index (χ1v) is 6.48. The van der Waals surface area contributed by atoms with Crippen LogP contribution in [-0.2, 0) is 9.59 Å². The van der Waals surface area contributed by atoms with Crippen LogP contribution < -0.4 is 0 Å². The van der Waals surface area contributed by atoms with Gasteiger partial charge in [0.2, 0.25) is 0 Å². The van der Waals surface area contributed by atoms with Gasteiger partial charge in [-0.05, 0) is 43.1 Å². The van der Waals surface area contributed by atoms with Crippen molar-refractivity contribution in [2.24, 2.45) is 10.8 Å². The van der Waals surface area contributed by atoms with E-state index in [1.165, 1.54) is 12.0 Å². The first-order chi connectivity index (χ1) is 7.82. The normalized spacial score (nSPS) is 30.2. The van der Waals surface area contributed by atoms with E-state index in [0.29, 0.717) is 6.42 Å². The fourth-order valence-corrected chi connectivity index (χ4v) is 3.21. The van der Waals surface area contributed by atoms with Gasteiger partial charge in [0.25, 0.3) is 0 Å². The fraction of sp³-hybridized carbons (Fsp3) is 0.733. The summed E-state index contributed by atoms with van der Waals surface area (Å²) in [5.74, 6) is 0.236. The van der Waals surface area contributed by atoms with Crippen molar-refractivity contribution in [1.82, 2.24) is 0 Å². The molecule has 1 unspecified atom stereocenters. The van der Waals surface area contributed by atoms with Gasteiger partial charge < -0.3 is 4.79 Å².